The topological polar surface area (TPSA) is 265 Å². The number of rotatable bonds is 49. The van der Waals surface area contributed by atoms with E-state index in [9.17, 15) is 14.4 Å². The average Bonchev–Trinajstić information content (AvgIpc) is 3.74. The Morgan fingerprint density at radius 3 is 0.922 bits per heavy atom. The summed E-state index contributed by atoms with van der Waals surface area (Å²) in [6.45, 7) is 22.5. The molecule has 0 atom stereocenters. The van der Waals surface area contributed by atoms with Crippen molar-refractivity contribution in [3.63, 3.8) is 0 Å². The van der Waals surface area contributed by atoms with Gasteiger partial charge in [0.15, 0.2) is 0 Å². The van der Waals surface area contributed by atoms with Gasteiger partial charge in [0, 0.05) is 38.8 Å². The molecule has 1 aliphatic rings. The molecule has 3 rings (SSSR count). The molecule has 0 unspecified atom stereocenters. The van der Waals surface area contributed by atoms with Crippen LogP contribution in [-0.4, -0.2) is 222 Å². The first-order valence-corrected chi connectivity index (χ1v) is 26.0. The van der Waals surface area contributed by atoms with Crippen molar-refractivity contribution >= 4 is 24.0 Å². The number of nitrogens with two attached hydrogens (primary N) is 1. The largest absolute Gasteiger partial charge is 1.00 e. The van der Waals surface area contributed by atoms with Gasteiger partial charge in [-0.15, -0.1) is 0 Å². The molecular formula is C54H90NNaO21. The zero-order chi connectivity index (χ0) is 55.6. The van der Waals surface area contributed by atoms with Crippen LogP contribution in [0.15, 0.2) is 48.5 Å². The van der Waals surface area contributed by atoms with Crippen LogP contribution in [0.25, 0.3) is 11.1 Å². The number of ketones is 2. The molecule has 0 aromatic heterocycles. The van der Waals surface area contributed by atoms with Gasteiger partial charge in [0.1, 0.15) is 18.2 Å². The van der Waals surface area contributed by atoms with Crippen molar-refractivity contribution in [3.05, 3.63) is 59.7 Å². The molecule has 0 amide bonds. The maximum absolute atomic E-state index is 11.0. The molecule has 438 valence electrons. The van der Waals surface area contributed by atoms with Crippen LogP contribution >= 0.6 is 0 Å². The van der Waals surface area contributed by atoms with Gasteiger partial charge in [0.25, 0.3) is 6.47 Å². The summed E-state index contributed by atoms with van der Waals surface area (Å²) < 4.78 is 79.8. The molecule has 0 radical (unpaired) electrons. The van der Waals surface area contributed by atoms with Crippen molar-refractivity contribution in [2.75, 3.05) is 198 Å². The summed E-state index contributed by atoms with van der Waals surface area (Å²) in [4.78, 5) is 43.6. The standard InChI is InChI=1S/C19H38O8.C18H37NO8.C16H14O2.CH2O3.Na/c1-3-5-21-7-9-23-11-13-25-15-17-27-18-16-26-14-12-24-10-8-22-6-4-19(2)20;1-18(20)2-4-21-6-8-23-10-12-25-14-16-27-17-15-26-13-11-24-9-7-22-5-3-19;1-11(17)18-10-16-14-8-4-2-6-12(14)13-7-3-5-9-15(13)16;2-1-4-3;/h3-18H2,1-2H3;2-17,19H2,1H3;2-9,16H,10H2,1H3;1,3H;/q;;;;+1/p-1. The number of ether oxygens (including phenoxy) is 15. The van der Waals surface area contributed by atoms with Gasteiger partial charge >= 0.3 is 35.5 Å². The van der Waals surface area contributed by atoms with Crippen molar-refractivity contribution in [2.24, 2.45) is 5.73 Å². The molecule has 0 heterocycles. The number of carbonyl (C=O) groups is 4. The molecule has 2 aromatic carbocycles. The van der Waals surface area contributed by atoms with Gasteiger partial charge in [-0.05, 0) is 42.5 Å². The Morgan fingerprint density at radius 1 is 0.442 bits per heavy atom. The molecule has 2 aromatic rings. The fourth-order valence-corrected chi connectivity index (χ4v) is 6.14. The van der Waals surface area contributed by atoms with Crippen molar-refractivity contribution in [1.82, 2.24) is 0 Å². The van der Waals surface area contributed by atoms with E-state index in [1.807, 2.05) is 24.3 Å². The molecule has 0 bridgehead atoms. The van der Waals surface area contributed by atoms with Crippen molar-refractivity contribution < 1.29 is 130 Å². The smallest absolute Gasteiger partial charge is 0.662 e. The van der Waals surface area contributed by atoms with E-state index in [-0.39, 0.29) is 59.5 Å². The third-order valence-electron chi connectivity index (χ3n) is 9.73. The molecule has 0 saturated carbocycles. The van der Waals surface area contributed by atoms with E-state index >= 15 is 0 Å². The monoisotopic (exact) mass is 1110 g/mol. The zero-order valence-electron chi connectivity index (χ0n) is 46.8. The molecule has 22 nitrogen and oxygen atoms in total. The average molecular weight is 1110 g/mol. The predicted molar refractivity (Wildman–Crippen MR) is 279 cm³/mol. The van der Waals surface area contributed by atoms with E-state index < -0.39 is 0 Å². The normalized spacial score (nSPS) is 11.1. The summed E-state index contributed by atoms with van der Waals surface area (Å²) in [5.41, 5.74) is 10.3. The van der Waals surface area contributed by atoms with E-state index in [4.69, 9.17) is 86.8 Å². The zero-order valence-corrected chi connectivity index (χ0v) is 48.8. The Morgan fingerprint density at radius 2 is 0.688 bits per heavy atom. The molecule has 0 aliphatic heterocycles. The van der Waals surface area contributed by atoms with E-state index in [1.54, 1.807) is 13.8 Å². The van der Waals surface area contributed by atoms with Gasteiger partial charge < -0.3 is 86.9 Å². The van der Waals surface area contributed by atoms with Crippen LogP contribution in [0.1, 0.15) is 64.0 Å². The molecular weight excluding hydrogens is 1020 g/mol. The molecule has 0 fully saturated rings. The summed E-state index contributed by atoms with van der Waals surface area (Å²) in [5.74, 6) is 0.210. The van der Waals surface area contributed by atoms with Crippen molar-refractivity contribution in [2.45, 2.75) is 52.9 Å². The summed E-state index contributed by atoms with van der Waals surface area (Å²) in [6.07, 6.45) is 1.94. The van der Waals surface area contributed by atoms with E-state index in [2.05, 4.69) is 36.1 Å². The molecule has 2 N–H and O–H groups in total. The minimum atomic E-state index is -0.225. The second kappa shape index (κ2) is 60.7. The van der Waals surface area contributed by atoms with Gasteiger partial charge in [0.05, 0.1) is 178 Å². The first-order valence-electron chi connectivity index (χ1n) is 26.0. The van der Waals surface area contributed by atoms with Gasteiger partial charge in [-0.25, -0.2) is 0 Å². The molecule has 0 spiro atoms. The second-order valence-corrected chi connectivity index (χ2v) is 16.0. The summed E-state index contributed by atoms with van der Waals surface area (Å²) in [5, 5.41) is 8.43. The van der Waals surface area contributed by atoms with Crippen LogP contribution in [0.4, 0.5) is 0 Å². The Balaban J connectivity index is 0. The Hall–Kier alpha value is -2.92. The number of fused-ring (bicyclic) bond motifs is 3. The Kier molecular flexibility index (Phi) is 60.0. The molecule has 0 saturated heterocycles. The fraction of sp³-hybridized carbons (Fsp3) is 0.704. The van der Waals surface area contributed by atoms with Crippen LogP contribution < -0.4 is 40.5 Å². The quantitative estimate of drug-likeness (QED) is 0.0234. The summed E-state index contributed by atoms with van der Waals surface area (Å²) in [7, 11) is 0. The van der Waals surface area contributed by atoms with Gasteiger partial charge in [-0.2, -0.15) is 0 Å². The minimum absolute atomic E-state index is 0. The first-order chi connectivity index (χ1) is 37.2. The van der Waals surface area contributed by atoms with Crippen LogP contribution in [0, 0.1) is 0 Å². The number of esters is 1. The van der Waals surface area contributed by atoms with E-state index in [0.717, 1.165) is 13.0 Å². The molecule has 77 heavy (non-hydrogen) atoms. The molecule has 1 aliphatic carbocycles. The van der Waals surface area contributed by atoms with Gasteiger partial charge in [-0.3, -0.25) is 19.2 Å². The van der Waals surface area contributed by atoms with Crippen molar-refractivity contribution in [3.8, 4) is 11.1 Å². The number of carbonyl (C=O) groups excluding carboxylic acids is 4. The van der Waals surface area contributed by atoms with Gasteiger partial charge in [-0.1, -0.05) is 55.5 Å². The van der Waals surface area contributed by atoms with Crippen LogP contribution in [0.5, 0.6) is 0 Å². The number of Topliss-reactive ketones (excluding diaryl/α,β-unsaturated/α-hetero) is 2. The third kappa shape index (κ3) is 51.0. The number of hydrogen-bond donors (Lipinski definition) is 1. The van der Waals surface area contributed by atoms with E-state index in [1.165, 1.54) is 29.2 Å². The minimum Gasteiger partial charge on any atom is -0.662 e. The Labute approximate surface area is 479 Å². The first kappa shape index (κ1) is 76.1. The fourth-order valence-electron chi connectivity index (χ4n) is 6.14. The summed E-state index contributed by atoms with van der Waals surface area (Å²) >= 11 is 0. The SMILES string of the molecule is CC(=O)CCOCCOCCOCCOCCOCCOCCOCCN.CC(=O)OCC1c2ccccc2-c2ccccc21.CCCOCCOCCOCCOCCOCCOCCOCCC(C)=O.O=CO[O-].[Na+]. The predicted octanol–water partition coefficient (Wildman–Crippen LogP) is 0.333. The maximum Gasteiger partial charge on any atom is 1.00 e. The Bertz CT molecular complexity index is 1530. The van der Waals surface area contributed by atoms with Crippen LogP contribution in [0.2, 0.25) is 0 Å². The summed E-state index contributed by atoms with van der Waals surface area (Å²) in [6, 6.07) is 16.6. The van der Waals surface area contributed by atoms with Crippen LogP contribution in [0.3, 0.4) is 0 Å². The second-order valence-electron chi connectivity index (χ2n) is 16.0. The van der Waals surface area contributed by atoms with Crippen molar-refractivity contribution in [1.29, 1.82) is 0 Å². The van der Waals surface area contributed by atoms with E-state index in [0.29, 0.717) is 204 Å². The number of hydrogen-bond acceptors (Lipinski definition) is 22. The molecule has 23 heteroatoms. The van der Waals surface area contributed by atoms with Gasteiger partial charge in [0.2, 0.25) is 0 Å². The van der Waals surface area contributed by atoms with Crippen LogP contribution in [-0.2, 0) is 95.1 Å². The maximum atomic E-state index is 11.0. The number of benzene rings is 2. The third-order valence-corrected chi connectivity index (χ3v) is 9.73.